The number of fused-ring (bicyclic) bond motifs is 1. The topological polar surface area (TPSA) is 36.3 Å². The van der Waals surface area contributed by atoms with E-state index in [0.29, 0.717) is 6.42 Å². The van der Waals surface area contributed by atoms with Crippen LogP contribution in [0.25, 0.3) is 10.8 Å². The molecule has 4 rings (SSSR count). The summed E-state index contributed by atoms with van der Waals surface area (Å²) in [4.78, 5) is 2.57. The van der Waals surface area contributed by atoms with E-state index in [2.05, 4.69) is 53.4 Å². The van der Waals surface area contributed by atoms with E-state index in [1.54, 1.807) is 0 Å². The average Bonchev–Trinajstić information content (AvgIpc) is 3.02. The number of nitriles is 1. The van der Waals surface area contributed by atoms with E-state index in [-0.39, 0.29) is 11.7 Å². The summed E-state index contributed by atoms with van der Waals surface area (Å²) in [5, 5.41) is 11.5. The van der Waals surface area contributed by atoms with Crippen LogP contribution in [0.2, 0.25) is 0 Å². The van der Waals surface area contributed by atoms with Gasteiger partial charge in [0.15, 0.2) is 0 Å². The van der Waals surface area contributed by atoms with Gasteiger partial charge in [-0.2, -0.15) is 5.26 Å². The van der Waals surface area contributed by atoms with E-state index in [0.717, 1.165) is 38.9 Å². The number of hydrogen-bond acceptors (Lipinski definition) is 3. The Hall–Kier alpha value is -1.89. The van der Waals surface area contributed by atoms with Crippen molar-refractivity contribution in [2.45, 2.75) is 56.8 Å². The molecule has 2 aliphatic rings. The second-order valence-electron chi connectivity index (χ2n) is 7.61. The van der Waals surface area contributed by atoms with Gasteiger partial charge >= 0.3 is 0 Å². The summed E-state index contributed by atoms with van der Waals surface area (Å²) in [6.07, 6.45) is 6.43. The minimum absolute atomic E-state index is 0.0307. The maximum absolute atomic E-state index is 8.81. The van der Waals surface area contributed by atoms with Crippen molar-refractivity contribution in [1.82, 2.24) is 4.90 Å². The second kappa shape index (κ2) is 7.15. The first-order valence-electron chi connectivity index (χ1n) is 9.52. The Labute approximate surface area is 150 Å². The molecule has 2 aromatic rings. The average molecular weight is 334 g/mol. The van der Waals surface area contributed by atoms with Crippen molar-refractivity contribution in [3.05, 3.63) is 48.0 Å². The summed E-state index contributed by atoms with van der Waals surface area (Å²) in [5.74, 6) is 0. The van der Waals surface area contributed by atoms with E-state index >= 15 is 0 Å². The number of ether oxygens (including phenoxy) is 1. The summed E-state index contributed by atoms with van der Waals surface area (Å²) in [6, 6.07) is 17.5. The Morgan fingerprint density at radius 2 is 2.04 bits per heavy atom. The second-order valence-corrected chi connectivity index (χ2v) is 7.61. The van der Waals surface area contributed by atoms with Gasteiger partial charge < -0.3 is 4.74 Å². The SMILES string of the molecule is N#CCC[C@H]1CC[C@]2(CCCN(Cc3cccc4ccccc34)C2)O1. The minimum atomic E-state index is 0.0307. The largest absolute Gasteiger partial charge is 0.370 e. The first-order chi connectivity index (χ1) is 12.3. The molecule has 0 aromatic heterocycles. The molecule has 2 fully saturated rings. The van der Waals surface area contributed by atoms with E-state index in [1.807, 2.05) is 0 Å². The molecule has 2 atom stereocenters. The van der Waals surface area contributed by atoms with Gasteiger partial charge in [-0.1, -0.05) is 42.5 Å². The van der Waals surface area contributed by atoms with Crippen LogP contribution in [0.15, 0.2) is 42.5 Å². The molecule has 2 saturated heterocycles. The predicted molar refractivity (Wildman–Crippen MR) is 100 cm³/mol. The van der Waals surface area contributed by atoms with Gasteiger partial charge in [0.1, 0.15) is 0 Å². The van der Waals surface area contributed by atoms with E-state index in [4.69, 9.17) is 10.00 Å². The van der Waals surface area contributed by atoms with Crippen LogP contribution in [0.4, 0.5) is 0 Å². The van der Waals surface area contributed by atoms with Crippen LogP contribution >= 0.6 is 0 Å². The van der Waals surface area contributed by atoms with E-state index < -0.39 is 0 Å². The third-order valence-corrected chi connectivity index (χ3v) is 5.81. The quantitative estimate of drug-likeness (QED) is 0.816. The van der Waals surface area contributed by atoms with Gasteiger partial charge in [-0.05, 0) is 55.0 Å². The fourth-order valence-electron chi connectivity index (χ4n) is 4.62. The van der Waals surface area contributed by atoms with Crippen molar-refractivity contribution in [1.29, 1.82) is 5.26 Å². The third kappa shape index (κ3) is 3.56. The minimum Gasteiger partial charge on any atom is -0.370 e. The fourth-order valence-corrected chi connectivity index (χ4v) is 4.62. The van der Waals surface area contributed by atoms with Crippen molar-refractivity contribution in [3.8, 4) is 6.07 Å². The summed E-state index contributed by atoms with van der Waals surface area (Å²) < 4.78 is 6.45. The van der Waals surface area contributed by atoms with Gasteiger partial charge in [0.25, 0.3) is 0 Å². The summed E-state index contributed by atoms with van der Waals surface area (Å²) >= 11 is 0. The summed E-state index contributed by atoms with van der Waals surface area (Å²) in [5.41, 5.74) is 1.44. The standard InChI is InChI=1S/C22H26N2O/c23-14-4-9-20-11-13-22(25-20)12-5-15-24(17-22)16-19-8-3-7-18-6-1-2-10-21(18)19/h1-3,6-8,10,20H,4-5,9,11-13,15-17H2/t20-,22-/m0/s1. The molecule has 0 N–H and O–H groups in total. The van der Waals surface area contributed by atoms with Crippen LogP contribution in [0, 0.1) is 11.3 Å². The highest BCUT2D eigenvalue weighted by Crippen LogP contribution is 2.39. The lowest BCUT2D eigenvalue weighted by molar-refractivity contribution is -0.0857. The lowest BCUT2D eigenvalue weighted by atomic mass is 9.89. The molecule has 0 amide bonds. The molecular weight excluding hydrogens is 308 g/mol. The number of hydrogen-bond donors (Lipinski definition) is 0. The zero-order chi connectivity index (χ0) is 17.1. The van der Waals surface area contributed by atoms with Crippen LogP contribution in [0.5, 0.6) is 0 Å². The Morgan fingerprint density at radius 3 is 2.96 bits per heavy atom. The first kappa shape index (κ1) is 16.6. The Kier molecular flexibility index (Phi) is 4.74. The summed E-state index contributed by atoms with van der Waals surface area (Å²) in [6.45, 7) is 3.17. The Bertz CT molecular complexity index is 776. The van der Waals surface area contributed by atoms with Gasteiger partial charge in [-0.25, -0.2) is 0 Å². The Balaban J connectivity index is 1.46. The van der Waals surface area contributed by atoms with Crippen molar-refractivity contribution in [2.75, 3.05) is 13.1 Å². The molecule has 1 spiro atoms. The number of likely N-dealkylation sites (tertiary alicyclic amines) is 1. The van der Waals surface area contributed by atoms with Gasteiger partial charge in [0.2, 0.25) is 0 Å². The Morgan fingerprint density at radius 1 is 1.16 bits per heavy atom. The molecule has 25 heavy (non-hydrogen) atoms. The molecule has 3 heteroatoms. The molecule has 0 unspecified atom stereocenters. The number of piperidine rings is 1. The molecule has 130 valence electrons. The van der Waals surface area contributed by atoms with Gasteiger partial charge in [-0.15, -0.1) is 0 Å². The lowest BCUT2D eigenvalue weighted by Crippen LogP contribution is -2.47. The molecule has 2 aromatic carbocycles. The molecular formula is C22H26N2O. The monoisotopic (exact) mass is 334 g/mol. The molecule has 2 aliphatic heterocycles. The molecule has 3 nitrogen and oxygen atoms in total. The fraction of sp³-hybridized carbons (Fsp3) is 0.500. The molecule has 0 aliphatic carbocycles. The zero-order valence-electron chi connectivity index (χ0n) is 14.8. The van der Waals surface area contributed by atoms with Gasteiger partial charge in [0, 0.05) is 19.5 Å². The third-order valence-electron chi connectivity index (χ3n) is 5.81. The maximum atomic E-state index is 8.81. The smallest absolute Gasteiger partial charge is 0.0814 e. The van der Waals surface area contributed by atoms with Gasteiger partial charge in [-0.3, -0.25) is 4.90 Å². The van der Waals surface area contributed by atoms with Crippen LogP contribution < -0.4 is 0 Å². The van der Waals surface area contributed by atoms with E-state index in [1.165, 1.54) is 29.2 Å². The van der Waals surface area contributed by atoms with Crippen molar-refractivity contribution < 1.29 is 4.74 Å². The molecule has 0 radical (unpaired) electrons. The first-order valence-corrected chi connectivity index (χ1v) is 9.52. The van der Waals surface area contributed by atoms with Crippen LogP contribution in [0.1, 0.15) is 44.1 Å². The van der Waals surface area contributed by atoms with Crippen LogP contribution in [0.3, 0.4) is 0 Å². The van der Waals surface area contributed by atoms with Gasteiger partial charge in [0.05, 0.1) is 17.8 Å². The van der Waals surface area contributed by atoms with Crippen LogP contribution in [-0.4, -0.2) is 29.7 Å². The highest BCUT2D eigenvalue weighted by atomic mass is 16.5. The maximum Gasteiger partial charge on any atom is 0.0814 e. The normalized spacial score (nSPS) is 26.9. The number of benzene rings is 2. The zero-order valence-corrected chi connectivity index (χ0v) is 14.8. The van der Waals surface area contributed by atoms with E-state index in [9.17, 15) is 0 Å². The lowest BCUT2D eigenvalue weighted by Gasteiger charge is -2.40. The predicted octanol–water partition coefficient (Wildman–Crippen LogP) is 4.66. The van der Waals surface area contributed by atoms with Crippen LogP contribution in [-0.2, 0) is 11.3 Å². The summed E-state index contributed by atoms with van der Waals surface area (Å²) in [7, 11) is 0. The molecule has 2 heterocycles. The highest BCUT2D eigenvalue weighted by Gasteiger charge is 2.42. The van der Waals surface area contributed by atoms with Crippen molar-refractivity contribution >= 4 is 10.8 Å². The van der Waals surface area contributed by atoms with Crippen molar-refractivity contribution in [3.63, 3.8) is 0 Å². The highest BCUT2D eigenvalue weighted by molar-refractivity contribution is 5.85. The molecule has 0 saturated carbocycles. The molecule has 0 bridgehead atoms. The van der Waals surface area contributed by atoms with Crippen molar-refractivity contribution in [2.24, 2.45) is 0 Å². The number of rotatable bonds is 4. The number of nitrogens with zero attached hydrogens (tertiary/aromatic N) is 2.